The fourth-order valence-corrected chi connectivity index (χ4v) is 3.95. The van der Waals surface area contributed by atoms with E-state index in [1.165, 1.54) is 37.7 Å². The molecule has 0 spiro atoms. The predicted molar refractivity (Wildman–Crippen MR) is 89.5 cm³/mol. The minimum Gasteiger partial charge on any atom is -0.493 e. The Morgan fingerprint density at radius 1 is 1.19 bits per heavy atom. The van der Waals surface area contributed by atoms with Crippen molar-refractivity contribution in [2.24, 2.45) is 17.1 Å². The highest BCUT2D eigenvalue weighted by atomic mass is 16.5. The first-order valence-corrected chi connectivity index (χ1v) is 8.56. The van der Waals surface area contributed by atoms with Crippen molar-refractivity contribution in [3.8, 4) is 5.75 Å². The lowest BCUT2D eigenvalue weighted by atomic mass is 9.70. The summed E-state index contributed by atoms with van der Waals surface area (Å²) >= 11 is 0. The maximum atomic E-state index is 6.78. The van der Waals surface area contributed by atoms with Crippen LogP contribution in [0.4, 0.5) is 0 Å². The van der Waals surface area contributed by atoms with Gasteiger partial charge in [-0.05, 0) is 43.1 Å². The normalized spacial score (nSPS) is 18.9. The van der Waals surface area contributed by atoms with Gasteiger partial charge >= 0.3 is 0 Å². The van der Waals surface area contributed by atoms with Crippen molar-refractivity contribution in [3.05, 3.63) is 29.8 Å². The third-order valence-electron chi connectivity index (χ3n) is 4.79. The second kappa shape index (κ2) is 7.31. The van der Waals surface area contributed by atoms with E-state index in [-0.39, 0.29) is 11.5 Å². The van der Waals surface area contributed by atoms with Gasteiger partial charge in [0.05, 0.1) is 6.61 Å². The molecule has 118 valence electrons. The number of nitrogens with two attached hydrogens (primary N) is 1. The third kappa shape index (κ3) is 3.79. The molecule has 0 saturated heterocycles. The Morgan fingerprint density at radius 3 is 2.48 bits per heavy atom. The first-order valence-electron chi connectivity index (χ1n) is 8.56. The molecule has 1 aromatic rings. The third-order valence-corrected chi connectivity index (χ3v) is 4.79. The maximum Gasteiger partial charge on any atom is 0.124 e. The Hall–Kier alpha value is -1.02. The zero-order valence-electron chi connectivity index (χ0n) is 13.9. The second-order valence-corrected chi connectivity index (χ2v) is 7.03. The highest BCUT2D eigenvalue weighted by molar-refractivity contribution is 5.37. The van der Waals surface area contributed by atoms with Gasteiger partial charge < -0.3 is 10.5 Å². The average molecular weight is 289 g/mol. The van der Waals surface area contributed by atoms with Crippen LogP contribution in [-0.4, -0.2) is 6.61 Å². The largest absolute Gasteiger partial charge is 0.493 e. The van der Waals surface area contributed by atoms with Crippen LogP contribution in [-0.2, 0) is 0 Å². The van der Waals surface area contributed by atoms with Gasteiger partial charge in [0.1, 0.15) is 5.75 Å². The zero-order chi connectivity index (χ0) is 15.3. The second-order valence-electron chi connectivity index (χ2n) is 7.03. The molecule has 2 heteroatoms. The van der Waals surface area contributed by atoms with E-state index < -0.39 is 0 Å². The highest BCUT2D eigenvalue weighted by Crippen LogP contribution is 2.51. The summed E-state index contributed by atoms with van der Waals surface area (Å²) in [7, 11) is 0. The van der Waals surface area contributed by atoms with E-state index in [4.69, 9.17) is 10.5 Å². The van der Waals surface area contributed by atoms with Crippen molar-refractivity contribution in [3.63, 3.8) is 0 Å². The number of ether oxygens (including phenoxy) is 1. The number of hydrogen-bond donors (Lipinski definition) is 1. The van der Waals surface area contributed by atoms with Crippen LogP contribution >= 0.6 is 0 Å². The van der Waals surface area contributed by atoms with Crippen molar-refractivity contribution >= 4 is 0 Å². The summed E-state index contributed by atoms with van der Waals surface area (Å²) < 4.78 is 5.94. The molecule has 0 heterocycles. The summed E-state index contributed by atoms with van der Waals surface area (Å²) in [5.74, 6) is 1.68. The zero-order valence-corrected chi connectivity index (χ0v) is 13.9. The maximum absolute atomic E-state index is 6.78. The van der Waals surface area contributed by atoms with Crippen molar-refractivity contribution < 1.29 is 4.74 Å². The van der Waals surface area contributed by atoms with Gasteiger partial charge in [-0.25, -0.2) is 0 Å². The van der Waals surface area contributed by atoms with Crippen LogP contribution in [0.15, 0.2) is 24.3 Å². The van der Waals surface area contributed by atoms with Gasteiger partial charge in [-0.2, -0.15) is 0 Å². The van der Waals surface area contributed by atoms with Gasteiger partial charge in [-0.15, -0.1) is 0 Å². The molecule has 1 aromatic carbocycles. The molecule has 1 atom stereocenters. The topological polar surface area (TPSA) is 35.2 Å². The number of benzene rings is 1. The first kappa shape index (κ1) is 16.4. The molecule has 2 rings (SSSR count). The minimum absolute atomic E-state index is 0.0930. The summed E-state index contributed by atoms with van der Waals surface area (Å²) in [6, 6.07) is 8.46. The Balaban J connectivity index is 2.26. The number of rotatable bonds is 7. The van der Waals surface area contributed by atoms with Gasteiger partial charge in [-0.3, -0.25) is 0 Å². The molecular weight excluding hydrogens is 258 g/mol. The monoisotopic (exact) mass is 289 g/mol. The quantitative estimate of drug-likeness (QED) is 0.759. The van der Waals surface area contributed by atoms with E-state index >= 15 is 0 Å². The molecule has 1 fully saturated rings. The van der Waals surface area contributed by atoms with E-state index in [1.54, 1.807) is 0 Å². The summed E-state index contributed by atoms with van der Waals surface area (Å²) in [6.45, 7) is 7.53. The molecule has 0 bridgehead atoms. The Morgan fingerprint density at radius 2 is 1.86 bits per heavy atom. The molecule has 0 amide bonds. The molecule has 1 saturated carbocycles. The van der Waals surface area contributed by atoms with E-state index in [0.29, 0.717) is 5.92 Å². The molecule has 0 aliphatic heterocycles. The van der Waals surface area contributed by atoms with Crippen LogP contribution < -0.4 is 10.5 Å². The lowest BCUT2D eigenvalue weighted by molar-refractivity contribution is 0.179. The van der Waals surface area contributed by atoms with Gasteiger partial charge in [0.2, 0.25) is 0 Å². The number of para-hydroxylation sites is 1. The van der Waals surface area contributed by atoms with Gasteiger partial charge in [0.25, 0.3) is 0 Å². The molecule has 0 radical (unpaired) electrons. The van der Waals surface area contributed by atoms with E-state index in [0.717, 1.165) is 18.8 Å². The molecular formula is C19H31NO. The average Bonchev–Trinajstić information content (AvgIpc) is 2.93. The molecule has 1 aliphatic rings. The smallest absolute Gasteiger partial charge is 0.124 e. The predicted octanol–water partition coefficient (Wildman–Crippen LogP) is 5.08. The van der Waals surface area contributed by atoms with E-state index in [2.05, 4.69) is 39.0 Å². The summed E-state index contributed by atoms with van der Waals surface area (Å²) in [5.41, 5.74) is 8.24. The summed E-state index contributed by atoms with van der Waals surface area (Å²) in [6.07, 6.45) is 7.40. The SMILES string of the molecule is CCCOc1ccccc1C(N)C1(CC(C)C)CCCC1. The molecule has 0 aromatic heterocycles. The van der Waals surface area contributed by atoms with Crippen molar-refractivity contribution in [1.29, 1.82) is 0 Å². The van der Waals surface area contributed by atoms with Crippen LogP contribution in [0, 0.1) is 11.3 Å². The first-order chi connectivity index (χ1) is 10.1. The minimum atomic E-state index is 0.0930. The van der Waals surface area contributed by atoms with Crippen LogP contribution in [0.3, 0.4) is 0 Å². The Labute approximate surface area is 130 Å². The van der Waals surface area contributed by atoms with Crippen molar-refractivity contribution in [2.45, 2.75) is 65.3 Å². The molecule has 2 nitrogen and oxygen atoms in total. The highest BCUT2D eigenvalue weighted by Gasteiger charge is 2.41. The van der Waals surface area contributed by atoms with Crippen LogP contribution in [0.25, 0.3) is 0 Å². The fourth-order valence-electron chi connectivity index (χ4n) is 3.95. The summed E-state index contributed by atoms with van der Waals surface area (Å²) in [5, 5.41) is 0. The number of hydrogen-bond acceptors (Lipinski definition) is 2. The van der Waals surface area contributed by atoms with Crippen LogP contribution in [0.1, 0.15) is 70.9 Å². The van der Waals surface area contributed by atoms with Crippen molar-refractivity contribution in [2.75, 3.05) is 6.61 Å². The van der Waals surface area contributed by atoms with Crippen LogP contribution in [0.2, 0.25) is 0 Å². The molecule has 1 unspecified atom stereocenters. The molecule has 1 aliphatic carbocycles. The van der Waals surface area contributed by atoms with Gasteiger partial charge in [0, 0.05) is 11.6 Å². The molecule has 21 heavy (non-hydrogen) atoms. The van der Waals surface area contributed by atoms with E-state index in [9.17, 15) is 0 Å². The molecule has 2 N–H and O–H groups in total. The fraction of sp³-hybridized carbons (Fsp3) is 0.684. The van der Waals surface area contributed by atoms with Crippen molar-refractivity contribution in [1.82, 2.24) is 0 Å². The van der Waals surface area contributed by atoms with Gasteiger partial charge in [0.15, 0.2) is 0 Å². The lowest BCUT2D eigenvalue weighted by Gasteiger charge is -2.37. The Bertz CT molecular complexity index is 435. The summed E-state index contributed by atoms with van der Waals surface area (Å²) in [4.78, 5) is 0. The Kier molecular flexibility index (Phi) is 5.69. The van der Waals surface area contributed by atoms with E-state index in [1.807, 2.05) is 6.07 Å². The lowest BCUT2D eigenvalue weighted by Crippen LogP contribution is -2.34. The van der Waals surface area contributed by atoms with Gasteiger partial charge in [-0.1, -0.05) is 51.8 Å². The van der Waals surface area contributed by atoms with Crippen LogP contribution in [0.5, 0.6) is 5.75 Å². The standard InChI is InChI=1S/C19H31NO/c1-4-13-21-17-10-6-5-9-16(17)18(20)19(14-15(2)3)11-7-8-12-19/h5-6,9-10,15,18H,4,7-8,11-14,20H2,1-3H3.